The minimum Gasteiger partial charge on any atom is -0.326 e. The average Bonchev–Trinajstić information content (AvgIpc) is 2.85. The quantitative estimate of drug-likeness (QED) is 0.892. The third-order valence-corrected chi connectivity index (χ3v) is 3.87. The molecule has 2 atom stereocenters. The SMILES string of the molecule is CCC(N)C(c1ccc(Cl)cc1)N1CCCC1. The van der Waals surface area contributed by atoms with Gasteiger partial charge >= 0.3 is 0 Å². The lowest BCUT2D eigenvalue weighted by atomic mass is 9.97. The number of halogens is 1. The first-order valence-corrected chi connectivity index (χ1v) is 6.85. The zero-order valence-electron chi connectivity index (χ0n) is 10.4. The van der Waals surface area contributed by atoms with Gasteiger partial charge in [-0.25, -0.2) is 0 Å². The van der Waals surface area contributed by atoms with Crippen LogP contribution in [0.1, 0.15) is 37.8 Å². The van der Waals surface area contributed by atoms with E-state index in [4.69, 9.17) is 17.3 Å². The third kappa shape index (κ3) is 3.01. The van der Waals surface area contributed by atoms with Crippen molar-refractivity contribution < 1.29 is 0 Å². The largest absolute Gasteiger partial charge is 0.326 e. The summed E-state index contributed by atoms with van der Waals surface area (Å²) in [5, 5.41) is 0.791. The van der Waals surface area contributed by atoms with Crippen LogP contribution in [0, 0.1) is 0 Å². The van der Waals surface area contributed by atoms with Gasteiger partial charge in [0.05, 0.1) is 0 Å². The molecule has 0 saturated carbocycles. The molecule has 17 heavy (non-hydrogen) atoms. The fourth-order valence-corrected chi connectivity index (χ4v) is 2.76. The summed E-state index contributed by atoms with van der Waals surface area (Å²) >= 11 is 5.94. The van der Waals surface area contributed by atoms with Gasteiger partial charge in [0.2, 0.25) is 0 Å². The smallest absolute Gasteiger partial charge is 0.0499 e. The van der Waals surface area contributed by atoms with Gasteiger partial charge in [-0.2, -0.15) is 0 Å². The van der Waals surface area contributed by atoms with E-state index in [1.54, 1.807) is 0 Å². The number of hydrogen-bond acceptors (Lipinski definition) is 2. The van der Waals surface area contributed by atoms with Gasteiger partial charge in [-0.3, -0.25) is 4.90 Å². The van der Waals surface area contributed by atoms with E-state index in [0.29, 0.717) is 6.04 Å². The summed E-state index contributed by atoms with van der Waals surface area (Å²) in [5.41, 5.74) is 7.59. The molecule has 94 valence electrons. The molecule has 0 spiro atoms. The molecule has 0 amide bonds. The number of hydrogen-bond donors (Lipinski definition) is 1. The summed E-state index contributed by atoms with van der Waals surface area (Å²) in [4.78, 5) is 2.51. The Morgan fingerprint density at radius 3 is 2.35 bits per heavy atom. The maximum Gasteiger partial charge on any atom is 0.0499 e. The fourth-order valence-electron chi connectivity index (χ4n) is 2.63. The Kier molecular flexibility index (Phi) is 4.43. The van der Waals surface area contributed by atoms with Crippen molar-refractivity contribution in [3.8, 4) is 0 Å². The van der Waals surface area contributed by atoms with E-state index in [-0.39, 0.29) is 6.04 Å². The molecule has 0 radical (unpaired) electrons. The summed E-state index contributed by atoms with van der Waals surface area (Å²) in [6.07, 6.45) is 3.59. The van der Waals surface area contributed by atoms with Gasteiger partial charge in [0.25, 0.3) is 0 Å². The predicted molar refractivity (Wildman–Crippen MR) is 73.3 cm³/mol. The van der Waals surface area contributed by atoms with Crippen LogP contribution in [0.3, 0.4) is 0 Å². The summed E-state index contributed by atoms with van der Waals surface area (Å²) in [7, 11) is 0. The lowest BCUT2D eigenvalue weighted by molar-refractivity contribution is 0.209. The molecule has 1 aromatic carbocycles. The molecule has 2 nitrogen and oxygen atoms in total. The van der Waals surface area contributed by atoms with E-state index in [1.165, 1.54) is 31.5 Å². The molecule has 2 unspecified atom stereocenters. The van der Waals surface area contributed by atoms with Gasteiger partial charge in [0.1, 0.15) is 0 Å². The van der Waals surface area contributed by atoms with E-state index in [1.807, 2.05) is 12.1 Å². The minimum atomic E-state index is 0.203. The molecule has 1 aromatic rings. The standard InChI is InChI=1S/C14H21ClN2/c1-2-13(16)14(17-9-3-4-10-17)11-5-7-12(15)8-6-11/h5-8,13-14H,2-4,9-10,16H2,1H3. The summed E-state index contributed by atoms with van der Waals surface area (Å²) in [5.74, 6) is 0. The molecule has 0 aliphatic carbocycles. The number of rotatable bonds is 4. The van der Waals surface area contributed by atoms with Crippen LogP contribution in [0.4, 0.5) is 0 Å². The number of benzene rings is 1. The maximum atomic E-state index is 6.29. The average molecular weight is 253 g/mol. The van der Waals surface area contributed by atoms with Crippen molar-refractivity contribution in [1.29, 1.82) is 0 Å². The van der Waals surface area contributed by atoms with Gasteiger partial charge in [-0.15, -0.1) is 0 Å². The van der Waals surface area contributed by atoms with Crippen LogP contribution in [0.2, 0.25) is 5.02 Å². The minimum absolute atomic E-state index is 0.203. The second kappa shape index (κ2) is 5.85. The highest BCUT2D eigenvalue weighted by atomic mass is 35.5. The lowest BCUT2D eigenvalue weighted by Crippen LogP contribution is -2.39. The van der Waals surface area contributed by atoms with E-state index >= 15 is 0 Å². The maximum absolute atomic E-state index is 6.29. The second-order valence-corrected chi connectivity index (χ2v) is 5.25. The van der Waals surface area contributed by atoms with Crippen LogP contribution in [0.25, 0.3) is 0 Å². The molecular formula is C14H21ClN2. The molecule has 1 saturated heterocycles. The fraction of sp³-hybridized carbons (Fsp3) is 0.571. The van der Waals surface area contributed by atoms with Crippen LogP contribution in [0.15, 0.2) is 24.3 Å². The van der Waals surface area contributed by atoms with Crippen LogP contribution in [0.5, 0.6) is 0 Å². The zero-order chi connectivity index (χ0) is 12.3. The molecule has 0 aromatic heterocycles. The Morgan fingerprint density at radius 1 is 1.24 bits per heavy atom. The highest BCUT2D eigenvalue weighted by Crippen LogP contribution is 2.29. The zero-order valence-corrected chi connectivity index (χ0v) is 11.2. The number of likely N-dealkylation sites (tertiary alicyclic amines) is 1. The van der Waals surface area contributed by atoms with Gasteiger partial charge < -0.3 is 5.73 Å². The molecule has 0 bridgehead atoms. The Morgan fingerprint density at radius 2 is 1.82 bits per heavy atom. The Hall–Kier alpha value is -0.570. The predicted octanol–water partition coefficient (Wildman–Crippen LogP) is 3.21. The van der Waals surface area contributed by atoms with Crippen molar-refractivity contribution in [2.45, 2.75) is 38.3 Å². The topological polar surface area (TPSA) is 29.3 Å². The Labute approximate surface area is 109 Å². The van der Waals surface area contributed by atoms with Crippen LogP contribution in [-0.4, -0.2) is 24.0 Å². The number of nitrogens with two attached hydrogens (primary N) is 1. The van der Waals surface area contributed by atoms with Crippen molar-refractivity contribution in [1.82, 2.24) is 4.90 Å². The first-order valence-electron chi connectivity index (χ1n) is 6.47. The van der Waals surface area contributed by atoms with E-state index in [2.05, 4.69) is 24.0 Å². The second-order valence-electron chi connectivity index (χ2n) is 4.81. The molecule has 1 aliphatic heterocycles. The van der Waals surface area contributed by atoms with Crippen LogP contribution < -0.4 is 5.73 Å². The first kappa shape index (κ1) is 12.9. The van der Waals surface area contributed by atoms with Crippen molar-refractivity contribution in [2.75, 3.05) is 13.1 Å². The third-order valence-electron chi connectivity index (χ3n) is 3.62. The van der Waals surface area contributed by atoms with E-state index < -0.39 is 0 Å². The monoisotopic (exact) mass is 252 g/mol. The number of nitrogens with zero attached hydrogens (tertiary/aromatic N) is 1. The molecule has 1 fully saturated rings. The summed E-state index contributed by atoms with van der Waals surface area (Å²) < 4.78 is 0. The molecule has 1 heterocycles. The highest BCUT2D eigenvalue weighted by Gasteiger charge is 2.27. The van der Waals surface area contributed by atoms with Crippen LogP contribution in [-0.2, 0) is 0 Å². The van der Waals surface area contributed by atoms with Crippen LogP contribution >= 0.6 is 11.6 Å². The van der Waals surface area contributed by atoms with E-state index in [0.717, 1.165) is 11.4 Å². The van der Waals surface area contributed by atoms with Gasteiger partial charge in [0, 0.05) is 17.1 Å². The Bertz CT molecular complexity index is 344. The van der Waals surface area contributed by atoms with Crippen molar-refractivity contribution in [3.63, 3.8) is 0 Å². The molecular weight excluding hydrogens is 232 g/mol. The van der Waals surface area contributed by atoms with Gasteiger partial charge in [-0.05, 0) is 50.0 Å². The van der Waals surface area contributed by atoms with Gasteiger partial charge in [-0.1, -0.05) is 30.7 Å². The summed E-state index contributed by atoms with van der Waals surface area (Å²) in [6.45, 7) is 4.49. The highest BCUT2D eigenvalue weighted by molar-refractivity contribution is 6.30. The Balaban J connectivity index is 2.22. The van der Waals surface area contributed by atoms with E-state index in [9.17, 15) is 0 Å². The molecule has 2 N–H and O–H groups in total. The normalized spacial score (nSPS) is 20.4. The lowest BCUT2D eigenvalue weighted by Gasteiger charge is -2.32. The summed E-state index contributed by atoms with van der Waals surface area (Å²) in [6, 6.07) is 8.70. The van der Waals surface area contributed by atoms with Crippen molar-refractivity contribution in [3.05, 3.63) is 34.9 Å². The molecule has 3 heteroatoms. The molecule has 2 rings (SSSR count). The van der Waals surface area contributed by atoms with Gasteiger partial charge in [0.15, 0.2) is 0 Å². The first-order chi connectivity index (χ1) is 8.22. The molecule has 1 aliphatic rings. The van der Waals surface area contributed by atoms with Crippen molar-refractivity contribution in [2.24, 2.45) is 5.73 Å². The van der Waals surface area contributed by atoms with Crippen molar-refractivity contribution >= 4 is 11.6 Å².